The lowest BCUT2D eigenvalue weighted by Crippen LogP contribution is -2.29. The Kier molecular flexibility index (Phi) is 11.2. The first kappa shape index (κ1) is 18.0. The zero-order chi connectivity index (χ0) is 11.8. The van der Waals surface area contributed by atoms with E-state index in [1.54, 1.807) is 0 Å². The molecule has 0 nitrogen and oxygen atoms in total. The number of hydrogen-bond donors (Lipinski definition) is 0. The Bertz CT molecular complexity index is 108. The van der Waals surface area contributed by atoms with Gasteiger partial charge in [-0.25, -0.2) is 0 Å². The van der Waals surface area contributed by atoms with E-state index in [0.29, 0.717) is 0 Å². The Morgan fingerprint density at radius 1 is 0.643 bits per heavy atom. The molecule has 0 aromatic heterocycles. The lowest BCUT2D eigenvalue weighted by molar-refractivity contribution is 1.11. The molecule has 0 aliphatic heterocycles. The van der Waals surface area contributed by atoms with Gasteiger partial charge in [0.05, 0.1) is 8.07 Å². The molecule has 6 heteroatoms. The van der Waals surface area contributed by atoms with Crippen molar-refractivity contribution in [3.63, 3.8) is 0 Å². The summed E-state index contributed by atoms with van der Waals surface area (Å²) in [5.74, 6) is 0. The summed E-state index contributed by atoms with van der Waals surface area (Å²) in [4.78, 5) is 0. The zero-order valence-corrected chi connectivity index (χ0v) is 14.4. The summed E-state index contributed by atoms with van der Waals surface area (Å²) in [5, 5.41) is -2.72. The number of rotatable bonds is 4. The summed E-state index contributed by atoms with van der Waals surface area (Å²) in [6.07, 6.45) is 0. The van der Waals surface area contributed by atoms with Gasteiger partial charge in [-0.15, -0.1) is 44.3 Å². The highest BCUT2D eigenvalue weighted by Gasteiger charge is 2.23. The minimum absolute atomic E-state index is 0.691. The van der Waals surface area contributed by atoms with Gasteiger partial charge in [0.2, 0.25) is 0 Å². The predicted molar refractivity (Wildman–Crippen MR) is 76.8 cm³/mol. The van der Waals surface area contributed by atoms with E-state index in [4.69, 9.17) is 44.3 Å². The van der Waals surface area contributed by atoms with E-state index in [2.05, 4.69) is 27.7 Å². The molecule has 88 valence electrons. The van der Waals surface area contributed by atoms with Crippen molar-refractivity contribution in [1.29, 1.82) is 0 Å². The van der Waals surface area contributed by atoms with Crippen LogP contribution in [0.3, 0.4) is 0 Å². The summed E-state index contributed by atoms with van der Waals surface area (Å²) in [6, 6.07) is 5.93. The van der Waals surface area contributed by atoms with Crippen molar-refractivity contribution in [1.82, 2.24) is 0 Å². The highest BCUT2D eigenvalue weighted by molar-refractivity contribution is 7.81. The molecule has 0 aliphatic carbocycles. The van der Waals surface area contributed by atoms with E-state index in [9.17, 15) is 0 Å². The van der Waals surface area contributed by atoms with Crippen LogP contribution in [0, 0.1) is 0 Å². The minimum Gasteiger partial charge on any atom is -0.110 e. The van der Waals surface area contributed by atoms with Crippen molar-refractivity contribution in [2.24, 2.45) is 0 Å². The average Bonchev–Trinajstić information content (AvgIpc) is 2.07. The molecule has 0 aromatic rings. The first-order chi connectivity index (χ1) is 6.24. The second kappa shape index (κ2) is 8.71. The van der Waals surface area contributed by atoms with Crippen LogP contribution in [0.4, 0.5) is 0 Å². The van der Waals surface area contributed by atoms with Gasteiger partial charge in [-0.1, -0.05) is 51.9 Å². The molecule has 14 heavy (non-hydrogen) atoms. The molecule has 0 bridgehead atoms. The monoisotopic (exact) mass is 312 g/mol. The molecule has 0 saturated carbocycles. The molecule has 0 fully saturated rings. The second-order valence-electron chi connectivity index (χ2n) is 3.34. The Morgan fingerprint density at radius 3 is 0.786 bits per heavy atom. The maximum Gasteiger partial charge on any atom is 0.440 e. The van der Waals surface area contributed by atoms with Crippen LogP contribution in [0.5, 0.6) is 0 Å². The summed E-state index contributed by atoms with van der Waals surface area (Å²) in [5.41, 5.74) is 0. The molecular formula is C8H20Cl4Si2. The van der Waals surface area contributed by atoms with Gasteiger partial charge in [-0.2, -0.15) is 0 Å². The Hall–Kier alpha value is 1.59. The van der Waals surface area contributed by atoms with Gasteiger partial charge in [-0.05, 0) is 0 Å². The van der Waals surface area contributed by atoms with Gasteiger partial charge in [0.25, 0.3) is 0 Å². The maximum absolute atomic E-state index is 4.97. The van der Waals surface area contributed by atoms with E-state index in [-0.39, 0.29) is 0 Å². The van der Waals surface area contributed by atoms with E-state index >= 15 is 0 Å². The molecule has 0 radical (unpaired) electrons. The van der Waals surface area contributed by atoms with Gasteiger partial charge in [0.15, 0.2) is 0 Å². The lowest BCUT2D eigenvalue weighted by Gasteiger charge is -2.25. The van der Waals surface area contributed by atoms with Crippen molar-refractivity contribution in [3.05, 3.63) is 0 Å². The maximum atomic E-state index is 4.97. The van der Waals surface area contributed by atoms with Gasteiger partial charge in [-0.3, -0.25) is 0 Å². The van der Waals surface area contributed by atoms with E-state index in [1.807, 2.05) is 0 Å². The molecule has 0 unspecified atom stereocenters. The summed E-state index contributed by atoms with van der Waals surface area (Å²) in [6.45, 7) is 9.46. The Morgan fingerprint density at radius 2 is 0.786 bits per heavy atom. The van der Waals surface area contributed by atoms with E-state index in [1.165, 1.54) is 24.2 Å². The SMILES string of the molecule is CC[Si](CC)(CC)CC.Cl[Si](Cl)(Cl)Cl. The van der Waals surface area contributed by atoms with E-state index < -0.39 is 13.4 Å². The number of halogens is 4. The van der Waals surface area contributed by atoms with Crippen LogP contribution >= 0.6 is 44.3 Å². The van der Waals surface area contributed by atoms with Gasteiger partial charge >= 0.3 is 5.31 Å². The van der Waals surface area contributed by atoms with E-state index in [0.717, 1.165) is 0 Å². The van der Waals surface area contributed by atoms with Crippen molar-refractivity contribution in [2.45, 2.75) is 51.9 Å². The first-order valence-corrected chi connectivity index (χ1v) is 13.9. The third-order valence-corrected chi connectivity index (χ3v) is 9.00. The molecule has 0 rings (SSSR count). The smallest absolute Gasteiger partial charge is 0.110 e. The predicted octanol–water partition coefficient (Wildman–Crippen LogP) is 5.89. The average molecular weight is 314 g/mol. The fraction of sp³-hybridized carbons (Fsp3) is 1.00. The topological polar surface area (TPSA) is 0 Å². The Balaban J connectivity index is 0. The van der Waals surface area contributed by atoms with Crippen LogP contribution in [0.25, 0.3) is 0 Å². The summed E-state index contributed by atoms with van der Waals surface area (Å²) in [7, 11) is -0.691. The third-order valence-electron chi connectivity index (χ3n) is 3.00. The van der Waals surface area contributed by atoms with Gasteiger partial charge in [0.1, 0.15) is 0 Å². The van der Waals surface area contributed by atoms with Crippen LogP contribution < -0.4 is 0 Å². The van der Waals surface area contributed by atoms with Crippen LogP contribution in [0.1, 0.15) is 27.7 Å². The van der Waals surface area contributed by atoms with Crippen LogP contribution in [-0.4, -0.2) is 13.4 Å². The van der Waals surface area contributed by atoms with Crippen molar-refractivity contribution in [2.75, 3.05) is 0 Å². The fourth-order valence-corrected chi connectivity index (χ4v) is 4.50. The fourth-order valence-electron chi connectivity index (χ4n) is 1.50. The van der Waals surface area contributed by atoms with Crippen LogP contribution in [0.2, 0.25) is 24.2 Å². The summed E-state index contributed by atoms with van der Waals surface area (Å²) < 4.78 is 0. The molecule has 0 saturated heterocycles. The molecule has 0 aromatic carbocycles. The molecule has 0 N–H and O–H groups in total. The molecule has 0 heterocycles. The quantitative estimate of drug-likeness (QED) is 0.448. The first-order valence-electron chi connectivity index (χ1n) is 5.00. The lowest BCUT2D eigenvalue weighted by atomic mass is 10.9. The van der Waals surface area contributed by atoms with Crippen molar-refractivity contribution < 1.29 is 0 Å². The normalized spacial score (nSPS) is 12.0. The minimum atomic E-state index is -2.72. The van der Waals surface area contributed by atoms with Crippen molar-refractivity contribution in [3.8, 4) is 0 Å². The standard InChI is InChI=1S/C8H20Si.Cl4Si/c1-5-9(6-2,7-3)8-4;1-5(2,3)4/h5-8H2,1-4H3;. The third kappa shape index (κ3) is 11.7. The number of hydrogen-bond acceptors (Lipinski definition) is 0. The second-order valence-corrected chi connectivity index (χ2v) is 20.3. The largest absolute Gasteiger partial charge is 0.440 e. The molecule has 0 aliphatic rings. The molecular weight excluding hydrogens is 294 g/mol. The Labute approximate surface area is 109 Å². The summed E-state index contributed by atoms with van der Waals surface area (Å²) >= 11 is 19.9. The highest BCUT2D eigenvalue weighted by Crippen LogP contribution is 2.24. The van der Waals surface area contributed by atoms with Gasteiger partial charge < -0.3 is 0 Å². The molecule has 0 spiro atoms. The molecule has 0 atom stereocenters. The van der Waals surface area contributed by atoms with Crippen LogP contribution in [-0.2, 0) is 0 Å². The van der Waals surface area contributed by atoms with Crippen molar-refractivity contribution >= 4 is 57.7 Å². The molecule has 0 amide bonds. The highest BCUT2D eigenvalue weighted by atomic mass is 36.0. The van der Waals surface area contributed by atoms with Gasteiger partial charge in [0, 0.05) is 0 Å². The van der Waals surface area contributed by atoms with Crippen LogP contribution in [0.15, 0.2) is 0 Å². The zero-order valence-electron chi connectivity index (χ0n) is 9.34.